The molecule has 48 heavy (non-hydrogen) atoms. The fraction of sp³-hybridized carbons (Fsp3) is 0.122. The Bertz CT molecular complexity index is 2540. The lowest BCUT2D eigenvalue weighted by molar-refractivity contribution is 0.954. The summed E-state index contributed by atoms with van der Waals surface area (Å²) in [5.74, 6) is 1.46. The van der Waals surface area contributed by atoms with Crippen LogP contribution in [0.4, 0.5) is 0 Å². The van der Waals surface area contributed by atoms with Crippen molar-refractivity contribution < 1.29 is 0 Å². The molecular weight excluding hydrogens is 591 g/mol. The van der Waals surface area contributed by atoms with Crippen molar-refractivity contribution in [3.63, 3.8) is 0 Å². The molecule has 0 saturated carbocycles. The van der Waals surface area contributed by atoms with Gasteiger partial charge in [-0.3, -0.25) is 13.5 Å². The Balaban J connectivity index is 1.45. The minimum absolute atomic E-state index is 0.633. The second kappa shape index (κ2) is 11.2. The van der Waals surface area contributed by atoms with Crippen LogP contribution in [0.3, 0.4) is 0 Å². The first-order valence-electron chi connectivity index (χ1n) is 16.0. The van der Waals surface area contributed by atoms with Crippen LogP contribution in [0.5, 0.6) is 0 Å². The second-order valence-corrected chi connectivity index (χ2v) is 12.3. The van der Waals surface area contributed by atoms with Crippen LogP contribution in [0.1, 0.15) is 34.0 Å². The summed E-state index contributed by atoms with van der Waals surface area (Å²) in [5.41, 5.74) is 14.5. The van der Waals surface area contributed by atoms with Gasteiger partial charge in [-0.25, -0.2) is 15.0 Å². The van der Waals surface area contributed by atoms with Crippen molar-refractivity contribution in [3.8, 4) is 51.2 Å². The van der Waals surface area contributed by atoms with Crippen LogP contribution in [-0.4, -0.2) is 28.5 Å². The number of aromatic nitrogens is 6. The number of fused-ring (bicyclic) bond motifs is 2. The Labute approximate surface area is 279 Å². The quantitative estimate of drug-likeness (QED) is 0.191. The Morgan fingerprint density at radius 1 is 0.604 bits per heavy atom. The smallest absolute Gasteiger partial charge is 0.169 e. The zero-order chi connectivity index (χ0) is 33.1. The highest BCUT2D eigenvalue weighted by Gasteiger charge is 2.26. The topological polar surface area (TPSA) is 76.7 Å². The maximum atomic E-state index is 9.58. The van der Waals surface area contributed by atoms with E-state index in [1.165, 1.54) is 0 Å². The molecule has 0 spiro atoms. The van der Waals surface area contributed by atoms with Gasteiger partial charge in [0.15, 0.2) is 5.65 Å². The first kappa shape index (κ1) is 29.2. The van der Waals surface area contributed by atoms with Crippen LogP contribution in [0, 0.1) is 45.9 Å². The lowest BCUT2D eigenvalue weighted by Crippen LogP contribution is -2.07. The SMILES string of the molecule is Cc1nc(-c2c(C)cc(C#N)cc2C)c2nc(C)n(-c3ccccc3-n3c(-c4ccccc4)c(-c4ccccc4)n4c(C)ccc34)c2n1. The number of hydrogen-bond acceptors (Lipinski definition) is 4. The molecule has 0 bridgehead atoms. The van der Waals surface area contributed by atoms with E-state index in [1.807, 2.05) is 39.8 Å². The average Bonchev–Trinajstić information content (AvgIpc) is 3.75. The van der Waals surface area contributed by atoms with Gasteiger partial charge in [0, 0.05) is 22.4 Å². The molecular formula is C41H33N7. The van der Waals surface area contributed by atoms with E-state index in [2.05, 4.69) is 124 Å². The highest BCUT2D eigenvalue weighted by atomic mass is 15.2. The Morgan fingerprint density at radius 3 is 1.81 bits per heavy atom. The monoisotopic (exact) mass is 623 g/mol. The number of rotatable bonds is 5. The molecule has 0 fully saturated rings. The molecule has 0 aliphatic rings. The Morgan fingerprint density at radius 2 is 1.19 bits per heavy atom. The summed E-state index contributed by atoms with van der Waals surface area (Å²) in [7, 11) is 0. The van der Waals surface area contributed by atoms with Crippen LogP contribution in [0.2, 0.25) is 0 Å². The zero-order valence-electron chi connectivity index (χ0n) is 27.5. The van der Waals surface area contributed by atoms with Gasteiger partial charge in [-0.15, -0.1) is 0 Å². The summed E-state index contributed by atoms with van der Waals surface area (Å²) >= 11 is 0. The van der Waals surface area contributed by atoms with Crippen molar-refractivity contribution in [2.24, 2.45) is 0 Å². The summed E-state index contributed by atoms with van der Waals surface area (Å²) in [6.07, 6.45) is 0. The van der Waals surface area contributed by atoms with Crippen molar-refractivity contribution in [2.75, 3.05) is 0 Å². The molecule has 4 aromatic heterocycles. The van der Waals surface area contributed by atoms with Gasteiger partial charge in [0.2, 0.25) is 0 Å². The van der Waals surface area contributed by atoms with Gasteiger partial charge >= 0.3 is 0 Å². The van der Waals surface area contributed by atoms with E-state index < -0.39 is 0 Å². The van der Waals surface area contributed by atoms with Crippen LogP contribution in [0.15, 0.2) is 109 Å². The largest absolute Gasteiger partial charge is 0.297 e. The number of hydrogen-bond donors (Lipinski definition) is 0. The number of benzene rings is 4. The van der Waals surface area contributed by atoms with Crippen LogP contribution in [0.25, 0.3) is 62.0 Å². The molecule has 0 aliphatic carbocycles. The second-order valence-electron chi connectivity index (χ2n) is 12.3. The maximum Gasteiger partial charge on any atom is 0.169 e. The normalized spacial score (nSPS) is 11.4. The molecule has 0 amide bonds. The molecule has 0 atom stereocenters. The third-order valence-corrected chi connectivity index (χ3v) is 9.10. The van der Waals surface area contributed by atoms with Gasteiger partial charge < -0.3 is 0 Å². The van der Waals surface area contributed by atoms with Crippen molar-refractivity contribution in [3.05, 3.63) is 143 Å². The Kier molecular flexibility index (Phi) is 6.81. The van der Waals surface area contributed by atoms with E-state index >= 15 is 0 Å². The highest BCUT2D eigenvalue weighted by Crippen LogP contribution is 2.41. The summed E-state index contributed by atoms with van der Waals surface area (Å²) in [5, 5.41) is 9.58. The molecule has 7 nitrogen and oxygen atoms in total. The minimum Gasteiger partial charge on any atom is -0.297 e. The maximum absolute atomic E-state index is 9.58. The fourth-order valence-corrected chi connectivity index (χ4v) is 7.17. The van der Waals surface area contributed by atoms with Crippen molar-refractivity contribution in [1.29, 1.82) is 5.26 Å². The van der Waals surface area contributed by atoms with E-state index in [-0.39, 0.29) is 0 Å². The molecule has 4 aromatic carbocycles. The molecule has 0 radical (unpaired) electrons. The van der Waals surface area contributed by atoms with Crippen molar-refractivity contribution in [2.45, 2.75) is 34.6 Å². The molecule has 8 aromatic rings. The van der Waals surface area contributed by atoms with Crippen molar-refractivity contribution in [1.82, 2.24) is 28.5 Å². The van der Waals surface area contributed by atoms with Crippen LogP contribution < -0.4 is 0 Å². The molecule has 232 valence electrons. The van der Waals surface area contributed by atoms with E-state index in [0.29, 0.717) is 11.4 Å². The molecule has 0 aliphatic heterocycles. The number of imidazole rings is 2. The highest BCUT2D eigenvalue weighted by molar-refractivity contribution is 5.92. The Hall–Kier alpha value is -6.26. The average molecular weight is 624 g/mol. The first-order valence-corrected chi connectivity index (χ1v) is 16.0. The van der Waals surface area contributed by atoms with E-state index in [0.717, 1.165) is 84.6 Å². The molecule has 0 N–H and O–H groups in total. The van der Waals surface area contributed by atoms with E-state index in [4.69, 9.17) is 15.0 Å². The van der Waals surface area contributed by atoms with Gasteiger partial charge in [0.05, 0.1) is 34.4 Å². The van der Waals surface area contributed by atoms with Crippen molar-refractivity contribution >= 4 is 16.8 Å². The lowest BCUT2D eigenvalue weighted by atomic mass is 9.96. The van der Waals surface area contributed by atoms with Gasteiger partial charge in [0.25, 0.3) is 0 Å². The third kappa shape index (κ3) is 4.45. The number of nitrogens with zero attached hydrogens (tertiary/aromatic N) is 7. The summed E-state index contributed by atoms with van der Waals surface area (Å²) < 4.78 is 6.88. The number of para-hydroxylation sites is 2. The molecule has 8 rings (SSSR count). The fourth-order valence-electron chi connectivity index (χ4n) is 7.17. The summed E-state index contributed by atoms with van der Waals surface area (Å²) in [6.45, 7) is 10.2. The molecule has 0 saturated heterocycles. The first-order chi connectivity index (χ1) is 23.4. The molecule has 4 heterocycles. The standard InChI is InChI=1S/C41H33N7/c1-25-22-30(24-42)23-26(2)36(25)37-38-41(44-28(4)43-37)47(29(5)45-38)33-18-12-13-19-34(33)48-35-21-20-27(3)46(35)39(31-14-8-6-9-15-31)40(48)32-16-10-7-11-17-32/h6-23H,1-5H3. The zero-order valence-corrected chi connectivity index (χ0v) is 27.5. The number of aryl methyl sites for hydroxylation is 5. The minimum atomic E-state index is 0.633. The predicted molar refractivity (Wildman–Crippen MR) is 192 cm³/mol. The van der Waals surface area contributed by atoms with Gasteiger partial charge in [-0.05, 0) is 82.1 Å². The summed E-state index contributed by atoms with van der Waals surface area (Å²) in [6, 6.07) is 40.2. The lowest BCUT2D eigenvalue weighted by Gasteiger charge is -2.17. The molecule has 7 heteroatoms. The van der Waals surface area contributed by atoms with Gasteiger partial charge in [-0.2, -0.15) is 5.26 Å². The van der Waals surface area contributed by atoms with Crippen LogP contribution in [-0.2, 0) is 0 Å². The van der Waals surface area contributed by atoms with E-state index in [9.17, 15) is 5.26 Å². The van der Waals surface area contributed by atoms with Gasteiger partial charge in [0.1, 0.15) is 28.5 Å². The number of nitriles is 1. The van der Waals surface area contributed by atoms with Gasteiger partial charge in [-0.1, -0.05) is 72.8 Å². The molecule has 0 unspecified atom stereocenters. The summed E-state index contributed by atoms with van der Waals surface area (Å²) in [4.78, 5) is 15.1. The predicted octanol–water partition coefficient (Wildman–Crippen LogP) is 9.27. The van der Waals surface area contributed by atoms with Crippen LogP contribution >= 0.6 is 0 Å². The third-order valence-electron chi connectivity index (χ3n) is 9.10. The van der Waals surface area contributed by atoms with E-state index in [1.54, 1.807) is 0 Å².